The number of anilines is 3. The van der Waals surface area contributed by atoms with Gasteiger partial charge in [-0.1, -0.05) is 19.4 Å². The lowest BCUT2D eigenvalue weighted by Crippen LogP contribution is -2.37. The number of benzene rings is 1. The van der Waals surface area contributed by atoms with Crippen LogP contribution in [-0.2, 0) is 4.74 Å². The molecule has 1 aromatic heterocycles. The van der Waals surface area contributed by atoms with Crippen molar-refractivity contribution in [2.75, 3.05) is 61.5 Å². The molecule has 3 N–H and O–H groups in total. The van der Waals surface area contributed by atoms with Gasteiger partial charge in [0, 0.05) is 50.0 Å². The number of aryl methyl sites for hydroxylation is 1. The van der Waals surface area contributed by atoms with E-state index in [1.165, 1.54) is 0 Å². The van der Waals surface area contributed by atoms with Crippen LogP contribution in [0.1, 0.15) is 32.3 Å². The number of likely N-dealkylation sites (tertiary alicyclic amines) is 1. The van der Waals surface area contributed by atoms with Gasteiger partial charge in [-0.2, -0.15) is 4.98 Å². The average molecular weight is 469 g/mol. The van der Waals surface area contributed by atoms with Crippen LogP contribution >= 0.6 is 0 Å². The molecule has 0 aliphatic carbocycles. The number of morpholine rings is 1. The van der Waals surface area contributed by atoms with Crippen LogP contribution in [0.5, 0.6) is 0 Å². The molecule has 34 heavy (non-hydrogen) atoms. The minimum atomic E-state index is -0.516. The fourth-order valence-corrected chi connectivity index (χ4v) is 4.37. The fourth-order valence-electron chi connectivity index (χ4n) is 4.37. The van der Waals surface area contributed by atoms with Gasteiger partial charge in [-0.05, 0) is 43.9 Å². The van der Waals surface area contributed by atoms with Crippen LogP contribution in [-0.4, -0.2) is 78.0 Å². The third kappa shape index (κ3) is 5.95. The second-order valence-corrected chi connectivity index (χ2v) is 9.23. The molecule has 2 amide bonds. The highest BCUT2D eigenvalue weighted by Crippen LogP contribution is 2.29. The average Bonchev–Trinajstić information content (AvgIpc) is 3.34. The van der Waals surface area contributed by atoms with Gasteiger partial charge < -0.3 is 30.3 Å². The van der Waals surface area contributed by atoms with E-state index in [-0.39, 0.29) is 6.03 Å². The highest BCUT2D eigenvalue weighted by Gasteiger charge is 2.25. The summed E-state index contributed by atoms with van der Waals surface area (Å²) in [7, 11) is 0. The number of rotatable bonds is 7. The van der Waals surface area contributed by atoms with Crippen molar-refractivity contribution in [3.05, 3.63) is 29.8 Å². The summed E-state index contributed by atoms with van der Waals surface area (Å²) in [5, 5.41) is 15.9. The Hall–Kier alpha value is -2.91. The standard InChI is InChI=1S/C25H36N6O3/c1-4-19-7-8-31(16-19)25(33)27-20-6-5-17(2)21(13-20)22-14-23(30-9-11-34-12-10-30)29-24(28-22)26-15-18(3)32/h5-6,13-14,18-19,32H,4,7-12,15-16H2,1-3H3,(H,27,33)(H,26,28,29)/t18-,19+/m0/s1. The first kappa shape index (κ1) is 24.2. The van der Waals surface area contributed by atoms with Crippen molar-refractivity contribution in [2.45, 2.75) is 39.7 Å². The molecule has 9 nitrogen and oxygen atoms in total. The van der Waals surface area contributed by atoms with Gasteiger partial charge in [0.2, 0.25) is 5.95 Å². The van der Waals surface area contributed by atoms with E-state index in [9.17, 15) is 9.90 Å². The van der Waals surface area contributed by atoms with E-state index in [1.54, 1.807) is 6.92 Å². The van der Waals surface area contributed by atoms with Crippen LogP contribution in [0.15, 0.2) is 24.3 Å². The van der Waals surface area contributed by atoms with Crippen LogP contribution < -0.4 is 15.5 Å². The quantitative estimate of drug-likeness (QED) is 0.573. The predicted octanol–water partition coefficient (Wildman–Crippen LogP) is 3.35. The smallest absolute Gasteiger partial charge is 0.321 e. The van der Waals surface area contributed by atoms with Crippen LogP contribution in [0.4, 0.5) is 22.2 Å². The first-order valence-corrected chi connectivity index (χ1v) is 12.2. The van der Waals surface area contributed by atoms with Crippen molar-refractivity contribution in [1.29, 1.82) is 0 Å². The number of nitrogens with zero attached hydrogens (tertiary/aromatic N) is 4. The zero-order valence-electron chi connectivity index (χ0n) is 20.4. The monoisotopic (exact) mass is 468 g/mol. The summed E-state index contributed by atoms with van der Waals surface area (Å²) in [6.07, 6.45) is 1.65. The lowest BCUT2D eigenvalue weighted by atomic mass is 10.0. The van der Waals surface area contributed by atoms with Crippen molar-refractivity contribution in [1.82, 2.24) is 14.9 Å². The van der Waals surface area contributed by atoms with Crippen LogP contribution in [0.3, 0.4) is 0 Å². The molecular weight excluding hydrogens is 432 g/mol. The molecule has 2 aromatic rings. The molecule has 9 heteroatoms. The third-order valence-electron chi connectivity index (χ3n) is 6.52. The Balaban J connectivity index is 1.60. The molecule has 0 spiro atoms. The molecule has 2 atom stereocenters. The molecule has 3 heterocycles. The van der Waals surface area contributed by atoms with E-state index < -0.39 is 6.10 Å². The van der Waals surface area contributed by atoms with E-state index in [2.05, 4.69) is 27.4 Å². The second-order valence-electron chi connectivity index (χ2n) is 9.23. The van der Waals surface area contributed by atoms with Crippen molar-refractivity contribution in [3.8, 4) is 11.3 Å². The van der Waals surface area contributed by atoms with Crippen LogP contribution in [0.25, 0.3) is 11.3 Å². The van der Waals surface area contributed by atoms with Gasteiger partial charge in [0.25, 0.3) is 0 Å². The van der Waals surface area contributed by atoms with Crippen molar-refractivity contribution < 1.29 is 14.6 Å². The molecule has 2 saturated heterocycles. The first-order chi connectivity index (χ1) is 16.4. The molecule has 2 aliphatic heterocycles. The number of aliphatic hydroxyl groups excluding tert-OH is 1. The number of carbonyl (C=O) groups is 1. The summed E-state index contributed by atoms with van der Waals surface area (Å²) in [5.41, 5.74) is 3.50. The predicted molar refractivity (Wildman–Crippen MR) is 134 cm³/mol. The number of hydrogen-bond donors (Lipinski definition) is 3. The molecule has 1 aromatic carbocycles. The van der Waals surface area contributed by atoms with E-state index in [1.807, 2.05) is 36.1 Å². The summed E-state index contributed by atoms with van der Waals surface area (Å²) in [6.45, 7) is 10.7. The Morgan fingerprint density at radius 1 is 1.24 bits per heavy atom. The van der Waals surface area contributed by atoms with E-state index >= 15 is 0 Å². The van der Waals surface area contributed by atoms with Gasteiger partial charge in [0.15, 0.2) is 0 Å². The lowest BCUT2D eigenvalue weighted by molar-refractivity contribution is 0.122. The lowest BCUT2D eigenvalue weighted by Gasteiger charge is -2.28. The second kappa shape index (κ2) is 11.0. The van der Waals surface area contributed by atoms with Crippen LogP contribution in [0.2, 0.25) is 0 Å². The Labute approximate surface area is 201 Å². The first-order valence-electron chi connectivity index (χ1n) is 12.2. The molecular formula is C25H36N6O3. The van der Waals surface area contributed by atoms with Gasteiger partial charge >= 0.3 is 6.03 Å². The maximum atomic E-state index is 12.8. The minimum Gasteiger partial charge on any atom is -0.392 e. The van der Waals surface area contributed by atoms with E-state index in [0.29, 0.717) is 31.6 Å². The Kier molecular flexibility index (Phi) is 7.84. The number of ether oxygens (including phenoxy) is 1. The topological polar surface area (TPSA) is 103 Å². The SMILES string of the molecule is CC[C@@H]1CCN(C(=O)Nc2ccc(C)c(-c3cc(N4CCOCC4)nc(NC[C@H](C)O)n3)c2)C1. The third-order valence-corrected chi connectivity index (χ3v) is 6.52. The largest absolute Gasteiger partial charge is 0.392 e. The summed E-state index contributed by atoms with van der Waals surface area (Å²) < 4.78 is 5.50. The molecule has 0 bridgehead atoms. The maximum Gasteiger partial charge on any atom is 0.321 e. The summed E-state index contributed by atoms with van der Waals surface area (Å²) >= 11 is 0. The summed E-state index contributed by atoms with van der Waals surface area (Å²) in [5.74, 6) is 1.88. The van der Waals surface area contributed by atoms with Crippen LogP contribution in [0, 0.1) is 12.8 Å². The molecule has 0 unspecified atom stereocenters. The van der Waals surface area contributed by atoms with Crippen molar-refractivity contribution in [2.24, 2.45) is 5.92 Å². The molecule has 2 fully saturated rings. The molecule has 184 valence electrons. The molecule has 0 saturated carbocycles. The maximum absolute atomic E-state index is 12.8. The number of hydrogen-bond acceptors (Lipinski definition) is 7. The summed E-state index contributed by atoms with van der Waals surface area (Å²) in [4.78, 5) is 26.3. The Bertz CT molecular complexity index is 993. The van der Waals surface area contributed by atoms with Crippen molar-refractivity contribution in [3.63, 3.8) is 0 Å². The van der Waals surface area contributed by atoms with E-state index in [4.69, 9.17) is 9.72 Å². The number of nitrogens with one attached hydrogen (secondary N) is 2. The van der Waals surface area contributed by atoms with E-state index in [0.717, 1.165) is 67.3 Å². The Morgan fingerprint density at radius 2 is 2.03 bits per heavy atom. The summed E-state index contributed by atoms with van der Waals surface area (Å²) in [6, 6.07) is 7.84. The zero-order chi connectivity index (χ0) is 24.1. The molecule has 0 radical (unpaired) electrons. The fraction of sp³-hybridized carbons (Fsp3) is 0.560. The normalized spacial score (nSPS) is 19.2. The Morgan fingerprint density at radius 3 is 2.74 bits per heavy atom. The molecule has 4 rings (SSSR count). The highest BCUT2D eigenvalue weighted by molar-refractivity contribution is 5.90. The zero-order valence-corrected chi connectivity index (χ0v) is 20.4. The number of urea groups is 1. The van der Waals surface area contributed by atoms with Gasteiger partial charge in [0.1, 0.15) is 5.82 Å². The van der Waals surface area contributed by atoms with Gasteiger partial charge in [-0.15, -0.1) is 0 Å². The number of carbonyl (C=O) groups excluding carboxylic acids is 1. The number of aromatic nitrogens is 2. The molecule has 2 aliphatic rings. The van der Waals surface area contributed by atoms with Crippen molar-refractivity contribution >= 4 is 23.5 Å². The highest BCUT2D eigenvalue weighted by atomic mass is 16.5. The van der Waals surface area contributed by atoms with Gasteiger partial charge in [0.05, 0.1) is 25.0 Å². The van der Waals surface area contributed by atoms with Gasteiger partial charge in [-0.3, -0.25) is 0 Å². The number of aliphatic hydroxyl groups is 1. The minimum absolute atomic E-state index is 0.0539. The van der Waals surface area contributed by atoms with Gasteiger partial charge in [-0.25, -0.2) is 9.78 Å². The number of amides is 2.